The molecule has 1 N–H and O–H groups in total. The minimum Gasteiger partial charge on any atom is -0.481 e. The Kier molecular flexibility index (Phi) is 3.95. The molecule has 0 spiro atoms. The van der Waals surface area contributed by atoms with Crippen LogP contribution in [0.3, 0.4) is 0 Å². The van der Waals surface area contributed by atoms with E-state index in [1.807, 2.05) is 0 Å². The highest BCUT2D eigenvalue weighted by atomic mass is 79.9. The molecule has 0 aliphatic carbocycles. The molecule has 1 rings (SSSR count). The van der Waals surface area contributed by atoms with Crippen LogP contribution in [-0.4, -0.2) is 16.0 Å². The van der Waals surface area contributed by atoms with Gasteiger partial charge in [0.05, 0.1) is 11.3 Å². The van der Waals surface area contributed by atoms with E-state index in [2.05, 4.69) is 15.9 Å². The fraction of sp³-hybridized carbons (Fsp3) is 0.222. The zero-order valence-electron chi connectivity index (χ0n) is 8.49. The van der Waals surface area contributed by atoms with Crippen LogP contribution in [0.2, 0.25) is 0 Å². The van der Waals surface area contributed by atoms with Crippen molar-refractivity contribution in [2.24, 2.45) is 0 Å². The SMILES string of the molecule is O=C(O)Cc1cc(C(F)(F)F)c([N+](=O)[O-])cc1Br. The Labute approximate surface area is 106 Å². The van der Waals surface area contributed by atoms with Gasteiger partial charge in [-0.2, -0.15) is 13.2 Å². The van der Waals surface area contributed by atoms with Crippen molar-refractivity contribution in [1.29, 1.82) is 0 Å². The molecule has 0 unspecified atom stereocenters. The van der Waals surface area contributed by atoms with Crippen LogP contribution in [0, 0.1) is 10.1 Å². The minimum atomic E-state index is -4.92. The Morgan fingerprint density at radius 3 is 2.39 bits per heavy atom. The molecule has 0 saturated heterocycles. The summed E-state index contributed by atoms with van der Waals surface area (Å²) >= 11 is 2.81. The fourth-order valence-corrected chi connectivity index (χ4v) is 1.76. The maximum absolute atomic E-state index is 12.6. The van der Waals surface area contributed by atoms with Crippen molar-refractivity contribution in [3.8, 4) is 0 Å². The van der Waals surface area contributed by atoms with Crippen molar-refractivity contribution >= 4 is 27.6 Å². The van der Waals surface area contributed by atoms with E-state index in [1.165, 1.54) is 0 Å². The van der Waals surface area contributed by atoms with E-state index in [-0.39, 0.29) is 10.0 Å². The Bertz CT molecular complexity index is 515. The molecule has 0 radical (unpaired) electrons. The monoisotopic (exact) mass is 327 g/mol. The average Bonchev–Trinajstić information content (AvgIpc) is 2.17. The Morgan fingerprint density at radius 2 is 2.00 bits per heavy atom. The largest absolute Gasteiger partial charge is 0.481 e. The van der Waals surface area contributed by atoms with Crippen molar-refractivity contribution in [3.05, 3.63) is 37.8 Å². The standard InChI is InChI=1S/C9H5BrF3NO4/c10-6-3-7(14(17)18)5(9(11,12)13)1-4(6)2-8(15)16/h1,3H,2H2,(H,15,16). The van der Waals surface area contributed by atoms with Gasteiger partial charge in [0.1, 0.15) is 5.56 Å². The van der Waals surface area contributed by atoms with Gasteiger partial charge in [-0.3, -0.25) is 14.9 Å². The van der Waals surface area contributed by atoms with Crippen LogP contribution in [0.5, 0.6) is 0 Å². The molecule has 9 heteroatoms. The summed E-state index contributed by atoms with van der Waals surface area (Å²) in [4.78, 5) is 19.8. The summed E-state index contributed by atoms with van der Waals surface area (Å²) in [5.74, 6) is -1.34. The first-order valence-electron chi connectivity index (χ1n) is 4.38. The molecule has 0 aliphatic rings. The van der Waals surface area contributed by atoms with Crippen molar-refractivity contribution < 1.29 is 28.0 Å². The highest BCUT2D eigenvalue weighted by molar-refractivity contribution is 9.10. The van der Waals surface area contributed by atoms with Gasteiger partial charge in [-0.15, -0.1) is 0 Å². The third-order valence-electron chi connectivity index (χ3n) is 2.01. The van der Waals surface area contributed by atoms with Gasteiger partial charge in [-0.25, -0.2) is 0 Å². The number of benzene rings is 1. The topological polar surface area (TPSA) is 80.4 Å². The number of nitro benzene ring substituents is 1. The van der Waals surface area contributed by atoms with Gasteiger partial charge in [0, 0.05) is 10.5 Å². The second-order valence-corrected chi connectivity index (χ2v) is 4.14. The second kappa shape index (κ2) is 4.92. The molecule has 0 aromatic heterocycles. The van der Waals surface area contributed by atoms with E-state index in [9.17, 15) is 28.1 Å². The van der Waals surface area contributed by atoms with E-state index in [1.54, 1.807) is 0 Å². The van der Waals surface area contributed by atoms with Crippen LogP contribution in [0.4, 0.5) is 18.9 Å². The van der Waals surface area contributed by atoms with Crippen LogP contribution in [-0.2, 0) is 17.4 Å². The van der Waals surface area contributed by atoms with Crippen molar-refractivity contribution in [1.82, 2.24) is 0 Å². The van der Waals surface area contributed by atoms with Gasteiger partial charge in [-0.1, -0.05) is 15.9 Å². The number of carboxylic acid groups (broad SMARTS) is 1. The normalized spacial score (nSPS) is 11.3. The summed E-state index contributed by atoms with van der Waals surface area (Å²) in [5, 5.41) is 19.1. The summed E-state index contributed by atoms with van der Waals surface area (Å²) in [6.07, 6.45) is -5.59. The van der Waals surface area contributed by atoms with Crippen LogP contribution >= 0.6 is 15.9 Å². The molecule has 0 atom stereocenters. The smallest absolute Gasteiger partial charge is 0.423 e. The Morgan fingerprint density at radius 1 is 1.44 bits per heavy atom. The van der Waals surface area contributed by atoms with E-state index < -0.39 is 34.7 Å². The number of hydrogen-bond donors (Lipinski definition) is 1. The first kappa shape index (κ1) is 14.4. The van der Waals surface area contributed by atoms with E-state index in [4.69, 9.17) is 5.11 Å². The van der Waals surface area contributed by atoms with E-state index in [0.717, 1.165) is 0 Å². The van der Waals surface area contributed by atoms with Gasteiger partial charge >= 0.3 is 12.1 Å². The number of nitrogens with zero attached hydrogens (tertiary/aromatic N) is 1. The molecule has 0 amide bonds. The minimum absolute atomic E-state index is 0.0513. The Balaban J connectivity index is 3.45. The van der Waals surface area contributed by atoms with Crippen molar-refractivity contribution in [2.45, 2.75) is 12.6 Å². The molecule has 98 valence electrons. The number of alkyl halides is 3. The first-order chi connectivity index (χ1) is 8.12. The molecule has 18 heavy (non-hydrogen) atoms. The van der Waals surface area contributed by atoms with Crippen LogP contribution < -0.4 is 0 Å². The van der Waals surface area contributed by atoms with E-state index >= 15 is 0 Å². The van der Waals surface area contributed by atoms with E-state index in [0.29, 0.717) is 12.1 Å². The summed E-state index contributed by atoms with van der Waals surface area (Å²) in [6.45, 7) is 0. The molecular weight excluding hydrogens is 323 g/mol. The zero-order chi connectivity index (χ0) is 14.1. The summed E-state index contributed by atoms with van der Waals surface area (Å²) < 4.78 is 37.7. The highest BCUT2D eigenvalue weighted by Crippen LogP contribution is 2.39. The second-order valence-electron chi connectivity index (χ2n) is 3.29. The number of aliphatic carboxylic acids is 1. The molecular formula is C9H5BrF3NO4. The molecule has 0 aliphatic heterocycles. The molecule has 0 saturated carbocycles. The lowest BCUT2D eigenvalue weighted by molar-refractivity contribution is -0.388. The van der Waals surface area contributed by atoms with Crippen molar-refractivity contribution in [2.75, 3.05) is 0 Å². The lowest BCUT2D eigenvalue weighted by atomic mass is 10.1. The molecule has 1 aromatic carbocycles. The molecule has 0 bridgehead atoms. The third kappa shape index (κ3) is 3.19. The number of carbonyl (C=O) groups is 1. The first-order valence-corrected chi connectivity index (χ1v) is 5.18. The molecule has 0 fully saturated rings. The molecule has 0 heterocycles. The van der Waals surface area contributed by atoms with Crippen LogP contribution in [0.1, 0.15) is 11.1 Å². The fourth-order valence-electron chi connectivity index (χ4n) is 1.28. The summed E-state index contributed by atoms with van der Waals surface area (Å²) in [6, 6.07) is 1.12. The number of rotatable bonds is 3. The number of hydrogen-bond acceptors (Lipinski definition) is 3. The number of halogens is 4. The lowest BCUT2D eigenvalue weighted by Gasteiger charge is -2.10. The molecule has 1 aromatic rings. The predicted molar refractivity (Wildman–Crippen MR) is 57.1 cm³/mol. The van der Waals surface area contributed by atoms with Gasteiger partial charge in [0.25, 0.3) is 5.69 Å². The number of carboxylic acids is 1. The maximum Gasteiger partial charge on any atom is 0.423 e. The average molecular weight is 328 g/mol. The lowest BCUT2D eigenvalue weighted by Crippen LogP contribution is -2.11. The van der Waals surface area contributed by atoms with Gasteiger partial charge in [-0.05, 0) is 11.6 Å². The van der Waals surface area contributed by atoms with Gasteiger partial charge in [0.15, 0.2) is 0 Å². The molecule has 5 nitrogen and oxygen atoms in total. The maximum atomic E-state index is 12.6. The summed E-state index contributed by atoms with van der Waals surface area (Å²) in [5.41, 5.74) is -2.77. The Hall–Kier alpha value is -1.64. The summed E-state index contributed by atoms with van der Waals surface area (Å²) in [7, 11) is 0. The quantitative estimate of drug-likeness (QED) is 0.683. The van der Waals surface area contributed by atoms with Crippen LogP contribution in [0.15, 0.2) is 16.6 Å². The third-order valence-corrected chi connectivity index (χ3v) is 2.75. The highest BCUT2D eigenvalue weighted by Gasteiger charge is 2.39. The van der Waals surface area contributed by atoms with Gasteiger partial charge in [0.2, 0.25) is 0 Å². The van der Waals surface area contributed by atoms with Gasteiger partial charge < -0.3 is 5.11 Å². The number of nitro groups is 1. The van der Waals surface area contributed by atoms with Crippen molar-refractivity contribution in [3.63, 3.8) is 0 Å². The predicted octanol–water partition coefficient (Wildman–Crippen LogP) is 3.00. The van der Waals surface area contributed by atoms with Crippen LogP contribution in [0.25, 0.3) is 0 Å². The zero-order valence-corrected chi connectivity index (χ0v) is 10.1.